The third-order valence-electron chi connectivity index (χ3n) is 4.68. The minimum Gasteiger partial charge on any atom is -0.488 e. The SMILES string of the molecule is Brc1ccc(OC2C3CC4CC2CN(C4)C3)cn1.Cl. The van der Waals surface area contributed by atoms with Crippen LogP contribution in [0.4, 0.5) is 0 Å². The second-order valence-corrected chi connectivity index (χ2v) is 6.79. The fraction of sp³-hybridized carbons (Fsp3) is 0.643. The molecule has 4 aliphatic rings. The highest BCUT2D eigenvalue weighted by Gasteiger charge is 2.48. The first-order valence-electron chi connectivity index (χ1n) is 6.78. The van der Waals surface area contributed by atoms with E-state index < -0.39 is 0 Å². The van der Waals surface area contributed by atoms with Crippen molar-refractivity contribution in [1.29, 1.82) is 0 Å². The number of hydrogen-bond donors (Lipinski definition) is 0. The Morgan fingerprint density at radius 2 is 1.89 bits per heavy atom. The zero-order valence-electron chi connectivity index (χ0n) is 10.7. The maximum atomic E-state index is 6.24. The molecule has 1 aromatic heterocycles. The van der Waals surface area contributed by atoms with Crippen LogP contribution in [-0.2, 0) is 0 Å². The number of hydrogen-bond acceptors (Lipinski definition) is 3. The Morgan fingerprint density at radius 3 is 2.47 bits per heavy atom. The largest absolute Gasteiger partial charge is 0.488 e. The van der Waals surface area contributed by atoms with Gasteiger partial charge in [0.2, 0.25) is 0 Å². The normalized spacial score (nSPS) is 38.9. The summed E-state index contributed by atoms with van der Waals surface area (Å²) >= 11 is 3.36. The molecule has 0 spiro atoms. The van der Waals surface area contributed by atoms with Crippen molar-refractivity contribution in [2.75, 3.05) is 19.6 Å². The molecular formula is C14H18BrClN2O. The molecule has 5 heteroatoms. The van der Waals surface area contributed by atoms with Crippen molar-refractivity contribution in [2.24, 2.45) is 17.8 Å². The van der Waals surface area contributed by atoms with Crippen LogP contribution in [-0.4, -0.2) is 35.6 Å². The van der Waals surface area contributed by atoms with Crippen LogP contribution in [0.2, 0.25) is 0 Å². The van der Waals surface area contributed by atoms with E-state index in [1.165, 1.54) is 32.5 Å². The lowest BCUT2D eigenvalue weighted by Gasteiger charge is -2.55. The van der Waals surface area contributed by atoms with Crippen molar-refractivity contribution >= 4 is 28.3 Å². The van der Waals surface area contributed by atoms with Crippen molar-refractivity contribution < 1.29 is 4.74 Å². The molecule has 0 radical (unpaired) electrons. The van der Waals surface area contributed by atoms with Gasteiger partial charge >= 0.3 is 0 Å². The van der Waals surface area contributed by atoms with Gasteiger partial charge in [-0.3, -0.25) is 0 Å². The van der Waals surface area contributed by atoms with Gasteiger partial charge in [0.15, 0.2) is 0 Å². The van der Waals surface area contributed by atoms with Crippen molar-refractivity contribution in [3.63, 3.8) is 0 Å². The Bertz CT molecular complexity index is 425. The summed E-state index contributed by atoms with van der Waals surface area (Å²) in [6, 6.07) is 3.97. The van der Waals surface area contributed by atoms with Crippen molar-refractivity contribution in [1.82, 2.24) is 9.88 Å². The summed E-state index contributed by atoms with van der Waals surface area (Å²) in [6.45, 7) is 3.81. The molecule has 2 unspecified atom stereocenters. The zero-order chi connectivity index (χ0) is 12.1. The lowest BCUT2D eigenvalue weighted by Crippen LogP contribution is -2.61. The fourth-order valence-electron chi connectivity index (χ4n) is 4.15. The maximum absolute atomic E-state index is 6.24. The molecule has 104 valence electrons. The van der Waals surface area contributed by atoms with Crippen molar-refractivity contribution in [2.45, 2.75) is 18.9 Å². The maximum Gasteiger partial charge on any atom is 0.138 e. The van der Waals surface area contributed by atoms with Crippen LogP contribution in [0.3, 0.4) is 0 Å². The van der Waals surface area contributed by atoms with Crippen LogP contribution >= 0.6 is 28.3 Å². The predicted octanol–water partition coefficient (Wildman–Crippen LogP) is 2.98. The van der Waals surface area contributed by atoms with Gasteiger partial charge < -0.3 is 9.64 Å². The Kier molecular flexibility index (Phi) is 3.76. The molecular weight excluding hydrogens is 328 g/mol. The summed E-state index contributed by atoms with van der Waals surface area (Å²) in [5.74, 6) is 3.33. The number of pyridine rings is 1. The van der Waals surface area contributed by atoms with Gasteiger partial charge in [0, 0.05) is 31.5 Å². The molecule has 1 aliphatic carbocycles. The van der Waals surface area contributed by atoms with Gasteiger partial charge in [-0.25, -0.2) is 4.98 Å². The lowest BCUT2D eigenvalue weighted by molar-refractivity contribution is -0.0985. The number of aromatic nitrogens is 1. The second-order valence-electron chi connectivity index (χ2n) is 5.98. The van der Waals surface area contributed by atoms with Crippen LogP contribution in [0.25, 0.3) is 0 Å². The number of halogens is 2. The fourth-order valence-corrected chi connectivity index (χ4v) is 4.38. The van der Waals surface area contributed by atoms with Crippen molar-refractivity contribution in [3.8, 4) is 5.75 Å². The first-order valence-corrected chi connectivity index (χ1v) is 7.58. The first-order chi connectivity index (χ1) is 8.78. The average molecular weight is 346 g/mol. The molecule has 4 heterocycles. The van der Waals surface area contributed by atoms with Crippen LogP contribution in [0.1, 0.15) is 12.8 Å². The number of rotatable bonds is 2. The molecule has 3 aliphatic heterocycles. The van der Waals surface area contributed by atoms with Gasteiger partial charge in [0.25, 0.3) is 0 Å². The van der Waals surface area contributed by atoms with Gasteiger partial charge in [-0.1, -0.05) is 0 Å². The Hall–Kier alpha value is -0.320. The molecule has 1 saturated carbocycles. The van der Waals surface area contributed by atoms with Crippen LogP contribution in [0, 0.1) is 17.8 Å². The van der Waals surface area contributed by atoms with Gasteiger partial charge in [-0.15, -0.1) is 12.4 Å². The van der Waals surface area contributed by atoms with E-state index in [2.05, 4.69) is 25.8 Å². The molecule has 0 amide bonds. The smallest absolute Gasteiger partial charge is 0.138 e. The first kappa shape index (κ1) is 13.7. The highest BCUT2D eigenvalue weighted by atomic mass is 79.9. The predicted molar refractivity (Wildman–Crippen MR) is 79.7 cm³/mol. The molecule has 0 N–H and O–H groups in total. The number of nitrogens with zero attached hydrogens (tertiary/aromatic N) is 2. The second kappa shape index (κ2) is 5.23. The third-order valence-corrected chi connectivity index (χ3v) is 5.14. The van der Waals surface area contributed by atoms with E-state index in [-0.39, 0.29) is 12.4 Å². The van der Waals surface area contributed by atoms with Crippen LogP contribution in [0.15, 0.2) is 22.9 Å². The molecule has 4 bridgehead atoms. The molecule has 19 heavy (non-hydrogen) atoms. The Balaban J connectivity index is 0.00000110. The van der Waals surface area contributed by atoms with E-state index in [0.717, 1.165) is 28.1 Å². The molecule has 2 atom stereocenters. The van der Waals surface area contributed by atoms with Gasteiger partial charge in [0.1, 0.15) is 16.5 Å². The molecule has 3 nitrogen and oxygen atoms in total. The van der Waals surface area contributed by atoms with Gasteiger partial charge in [-0.05, 0) is 46.8 Å². The van der Waals surface area contributed by atoms with E-state index in [9.17, 15) is 0 Å². The van der Waals surface area contributed by atoms with Gasteiger partial charge in [-0.2, -0.15) is 0 Å². The van der Waals surface area contributed by atoms with Crippen molar-refractivity contribution in [3.05, 3.63) is 22.9 Å². The highest BCUT2D eigenvalue weighted by molar-refractivity contribution is 9.10. The molecule has 3 saturated heterocycles. The summed E-state index contributed by atoms with van der Waals surface area (Å²) in [5, 5.41) is 0. The molecule has 1 aromatic rings. The van der Waals surface area contributed by atoms with Crippen LogP contribution in [0.5, 0.6) is 5.75 Å². The van der Waals surface area contributed by atoms with E-state index in [4.69, 9.17) is 4.74 Å². The summed E-state index contributed by atoms with van der Waals surface area (Å²) in [6.07, 6.45) is 4.97. The topological polar surface area (TPSA) is 25.4 Å². The molecule has 0 aromatic carbocycles. The number of ether oxygens (including phenoxy) is 1. The lowest BCUT2D eigenvalue weighted by atomic mass is 9.66. The van der Waals surface area contributed by atoms with Crippen LogP contribution < -0.4 is 4.74 Å². The average Bonchev–Trinajstić information content (AvgIpc) is 2.35. The Labute approximate surface area is 128 Å². The number of piperidine rings is 3. The van der Waals surface area contributed by atoms with E-state index in [1.54, 1.807) is 0 Å². The quantitative estimate of drug-likeness (QED) is 0.771. The standard InChI is InChI=1S/C14H17BrN2O.ClH/c15-13-2-1-12(5-16-13)18-14-10-3-9-4-11(14)8-17(6-9)7-10;/h1-2,5,9-11,14H,3-4,6-8H2;1H. The minimum atomic E-state index is 0. The Morgan fingerprint density at radius 1 is 1.16 bits per heavy atom. The highest BCUT2D eigenvalue weighted by Crippen LogP contribution is 2.44. The molecule has 4 fully saturated rings. The molecule has 5 rings (SSSR count). The minimum absolute atomic E-state index is 0. The van der Waals surface area contributed by atoms with E-state index >= 15 is 0 Å². The summed E-state index contributed by atoms with van der Waals surface area (Å²) < 4.78 is 7.10. The summed E-state index contributed by atoms with van der Waals surface area (Å²) in [5.41, 5.74) is 0. The zero-order valence-corrected chi connectivity index (χ0v) is 13.1. The summed E-state index contributed by atoms with van der Waals surface area (Å²) in [7, 11) is 0. The van der Waals surface area contributed by atoms with E-state index in [1.807, 2.05) is 18.3 Å². The van der Waals surface area contributed by atoms with Gasteiger partial charge in [0.05, 0.1) is 6.20 Å². The summed E-state index contributed by atoms with van der Waals surface area (Å²) in [4.78, 5) is 6.88. The monoisotopic (exact) mass is 344 g/mol. The van der Waals surface area contributed by atoms with E-state index in [0.29, 0.717) is 6.10 Å². The third kappa shape index (κ3) is 2.50.